The molecule has 1 saturated carbocycles. The standard InChI is InChI=1S/C16H23N3O/c17-14-8-9-15(20)19(13-6-2-1-3-7-13)16(14)12-5-4-10-18-11-12/h4-5,10-11,13-14,16H,1-3,6-9,17H2. The van der Waals surface area contributed by atoms with E-state index in [1.165, 1.54) is 19.3 Å². The average molecular weight is 273 g/mol. The molecule has 0 aromatic carbocycles. The van der Waals surface area contributed by atoms with Crippen LogP contribution in [0.25, 0.3) is 0 Å². The molecule has 20 heavy (non-hydrogen) atoms. The highest BCUT2D eigenvalue weighted by molar-refractivity contribution is 5.78. The van der Waals surface area contributed by atoms with Crippen molar-refractivity contribution in [3.63, 3.8) is 0 Å². The van der Waals surface area contributed by atoms with Crippen LogP contribution < -0.4 is 5.73 Å². The number of pyridine rings is 1. The molecule has 4 heteroatoms. The van der Waals surface area contributed by atoms with Crippen molar-refractivity contribution in [1.82, 2.24) is 9.88 Å². The quantitative estimate of drug-likeness (QED) is 0.900. The molecule has 2 N–H and O–H groups in total. The molecule has 4 nitrogen and oxygen atoms in total. The lowest BCUT2D eigenvalue weighted by Crippen LogP contribution is -2.53. The number of piperidine rings is 1. The van der Waals surface area contributed by atoms with Crippen LogP contribution in [-0.4, -0.2) is 27.9 Å². The second-order valence-corrected chi connectivity index (χ2v) is 6.03. The van der Waals surface area contributed by atoms with Crippen LogP contribution in [0.4, 0.5) is 0 Å². The van der Waals surface area contributed by atoms with Crippen molar-refractivity contribution in [2.75, 3.05) is 0 Å². The van der Waals surface area contributed by atoms with Gasteiger partial charge in [0.1, 0.15) is 0 Å². The molecule has 2 fully saturated rings. The number of amides is 1. The number of nitrogens with zero attached hydrogens (tertiary/aromatic N) is 2. The van der Waals surface area contributed by atoms with E-state index in [1.54, 1.807) is 6.20 Å². The van der Waals surface area contributed by atoms with E-state index in [0.717, 1.165) is 24.8 Å². The van der Waals surface area contributed by atoms with Crippen LogP contribution in [0.1, 0.15) is 56.6 Å². The number of aromatic nitrogens is 1. The Balaban J connectivity index is 1.91. The van der Waals surface area contributed by atoms with Gasteiger partial charge in [0.2, 0.25) is 5.91 Å². The number of carbonyl (C=O) groups is 1. The van der Waals surface area contributed by atoms with Gasteiger partial charge in [-0.2, -0.15) is 0 Å². The maximum Gasteiger partial charge on any atom is 0.223 e. The fraction of sp³-hybridized carbons (Fsp3) is 0.625. The third kappa shape index (κ3) is 2.57. The molecular formula is C16H23N3O. The van der Waals surface area contributed by atoms with Gasteiger partial charge in [0.25, 0.3) is 0 Å². The molecule has 2 atom stereocenters. The number of likely N-dealkylation sites (tertiary alicyclic amines) is 1. The fourth-order valence-electron chi connectivity index (χ4n) is 3.69. The molecular weight excluding hydrogens is 250 g/mol. The highest BCUT2D eigenvalue weighted by atomic mass is 16.2. The lowest BCUT2D eigenvalue weighted by Gasteiger charge is -2.45. The maximum atomic E-state index is 12.5. The first-order valence-corrected chi connectivity index (χ1v) is 7.74. The second-order valence-electron chi connectivity index (χ2n) is 6.03. The Kier molecular flexibility index (Phi) is 4.01. The monoisotopic (exact) mass is 273 g/mol. The van der Waals surface area contributed by atoms with Gasteiger partial charge in [0.15, 0.2) is 0 Å². The molecule has 1 saturated heterocycles. The second kappa shape index (κ2) is 5.92. The summed E-state index contributed by atoms with van der Waals surface area (Å²) in [6, 6.07) is 4.38. The summed E-state index contributed by atoms with van der Waals surface area (Å²) >= 11 is 0. The van der Waals surface area contributed by atoms with Crippen molar-refractivity contribution < 1.29 is 4.79 Å². The first-order valence-electron chi connectivity index (χ1n) is 7.74. The molecule has 1 aromatic rings. The summed E-state index contributed by atoms with van der Waals surface area (Å²) in [5.74, 6) is 0.271. The van der Waals surface area contributed by atoms with Crippen molar-refractivity contribution >= 4 is 5.91 Å². The van der Waals surface area contributed by atoms with Crippen LogP contribution >= 0.6 is 0 Å². The van der Waals surface area contributed by atoms with Gasteiger partial charge in [0.05, 0.1) is 6.04 Å². The Morgan fingerprint density at radius 3 is 2.70 bits per heavy atom. The lowest BCUT2D eigenvalue weighted by atomic mass is 9.86. The number of carbonyl (C=O) groups excluding carboxylic acids is 1. The molecule has 108 valence electrons. The summed E-state index contributed by atoms with van der Waals surface area (Å²) in [5, 5.41) is 0. The van der Waals surface area contributed by atoms with Crippen molar-refractivity contribution in [2.45, 2.75) is 63.1 Å². The van der Waals surface area contributed by atoms with Gasteiger partial charge in [-0.3, -0.25) is 9.78 Å². The van der Waals surface area contributed by atoms with E-state index in [0.29, 0.717) is 12.5 Å². The van der Waals surface area contributed by atoms with Crippen molar-refractivity contribution in [2.24, 2.45) is 5.73 Å². The van der Waals surface area contributed by atoms with Crippen LogP contribution in [0.15, 0.2) is 24.5 Å². The van der Waals surface area contributed by atoms with E-state index in [2.05, 4.69) is 9.88 Å². The number of nitrogens with two attached hydrogens (primary N) is 1. The Morgan fingerprint density at radius 1 is 1.20 bits per heavy atom. The van der Waals surface area contributed by atoms with E-state index < -0.39 is 0 Å². The number of hydrogen-bond donors (Lipinski definition) is 1. The predicted octanol–water partition coefficient (Wildman–Crippen LogP) is 2.41. The molecule has 2 aliphatic rings. The van der Waals surface area contributed by atoms with Gasteiger partial charge >= 0.3 is 0 Å². The molecule has 0 radical (unpaired) electrons. The summed E-state index contributed by atoms with van der Waals surface area (Å²) in [5.41, 5.74) is 7.43. The van der Waals surface area contributed by atoms with E-state index in [1.807, 2.05) is 18.3 Å². The van der Waals surface area contributed by atoms with E-state index in [-0.39, 0.29) is 18.0 Å². The molecule has 2 unspecified atom stereocenters. The zero-order chi connectivity index (χ0) is 13.9. The Morgan fingerprint density at radius 2 is 2.00 bits per heavy atom. The zero-order valence-electron chi connectivity index (χ0n) is 11.9. The minimum atomic E-state index is 0.00745. The van der Waals surface area contributed by atoms with Crippen LogP contribution in [0, 0.1) is 0 Å². The van der Waals surface area contributed by atoms with E-state index in [9.17, 15) is 4.79 Å². The van der Waals surface area contributed by atoms with Gasteiger partial charge < -0.3 is 10.6 Å². The molecule has 0 spiro atoms. The molecule has 0 bridgehead atoms. The summed E-state index contributed by atoms with van der Waals surface area (Å²) in [6.07, 6.45) is 11.0. The Hall–Kier alpha value is -1.42. The summed E-state index contributed by atoms with van der Waals surface area (Å²) in [7, 11) is 0. The van der Waals surface area contributed by atoms with Crippen molar-refractivity contribution in [3.8, 4) is 0 Å². The predicted molar refractivity (Wildman–Crippen MR) is 77.9 cm³/mol. The largest absolute Gasteiger partial charge is 0.331 e. The van der Waals surface area contributed by atoms with E-state index in [4.69, 9.17) is 5.73 Å². The van der Waals surface area contributed by atoms with Gasteiger partial charge in [-0.15, -0.1) is 0 Å². The molecule has 1 aliphatic heterocycles. The SMILES string of the molecule is NC1CCC(=O)N(C2CCCCC2)C1c1cccnc1. The number of hydrogen-bond acceptors (Lipinski definition) is 3. The van der Waals surface area contributed by atoms with Crippen LogP contribution in [-0.2, 0) is 4.79 Å². The minimum absolute atomic E-state index is 0.00745. The van der Waals surface area contributed by atoms with Crippen LogP contribution in [0.3, 0.4) is 0 Å². The summed E-state index contributed by atoms with van der Waals surface area (Å²) < 4.78 is 0. The third-order valence-corrected chi connectivity index (χ3v) is 4.68. The Labute approximate surface area is 120 Å². The zero-order valence-corrected chi connectivity index (χ0v) is 11.9. The van der Waals surface area contributed by atoms with E-state index >= 15 is 0 Å². The Bertz CT molecular complexity index is 456. The summed E-state index contributed by atoms with van der Waals surface area (Å²) in [6.45, 7) is 0. The topological polar surface area (TPSA) is 59.2 Å². The highest BCUT2D eigenvalue weighted by Gasteiger charge is 2.39. The van der Waals surface area contributed by atoms with Gasteiger partial charge in [0, 0.05) is 30.9 Å². The van der Waals surface area contributed by atoms with Gasteiger partial charge in [-0.05, 0) is 30.9 Å². The molecule has 1 aliphatic carbocycles. The van der Waals surface area contributed by atoms with Crippen LogP contribution in [0.2, 0.25) is 0 Å². The molecule has 3 rings (SSSR count). The van der Waals surface area contributed by atoms with Crippen LogP contribution in [0.5, 0.6) is 0 Å². The minimum Gasteiger partial charge on any atom is -0.331 e. The van der Waals surface area contributed by atoms with Gasteiger partial charge in [-0.1, -0.05) is 25.3 Å². The highest BCUT2D eigenvalue weighted by Crippen LogP contribution is 2.36. The molecule has 1 aromatic heterocycles. The molecule has 2 heterocycles. The van der Waals surface area contributed by atoms with Crippen molar-refractivity contribution in [1.29, 1.82) is 0 Å². The summed E-state index contributed by atoms with van der Waals surface area (Å²) in [4.78, 5) is 18.8. The fourth-order valence-corrected chi connectivity index (χ4v) is 3.69. The first kappa shape index (κ1) is 13.6. The normalized spacial score (nSPS) is 28.6. The first-order chi connectivity index (χ1) is 9.77. The third-order valence-electron chi connectivity index (χ3n) is 4.68. The number of rotatable bonds is 2. The maximum absolute atomic E-state index is 12.5. The smallest absolute Gasteiger partial charge is 0.223 e. The lowest BCUT2D eigenvalue weighted by molar-refractivity contribution is -0.141. The van der Waals surface area contributed by atoms with Crippen molar-refractivity contribution in [3.05, 3.63) is 30.1 Å². The molecule has 1 amide bonds. The average Bonchev–Trinajstić information content (AvgIpc) is 2.51. The van der Waals surface area contributed by atoms with Gasteiger partial charge in [-0.25, -0.2) is 0 Å².